The Kier molecular flexibility index (Phi) is 36.2. The predicted octanol–water partition coefficient (Wildman–Crippen LogP) is -12.1. The van der Waals surface area contributed by atoms with Crippen molar-refractivity contribution in [2.75, 3.05) is 0 Å². The van der Waals surface area contributed by atoms with Crippen molar-refractivity contribution in [3.8, 4) is 0 Å². The zero-order chi connectivity index (χ0) is 16.6. The third-order valence-electron chi connectivity index (χ3n) is 1.56. The van der Waals surface area contributed by atoms with Gasteiger partial charge in [0, 0.05) is 0 Å². The van der Waals surface area contributed by atoms with Crippen LogP contribution in [0.5, 0.6) is 0 Å². The molecule has 0 spiro atoms. The maximum Gasteiger partial charge on any atom is 2.00 e. The van der Waals surface area contributed by atoms with Gasteiger partial charge in [-0.05, 0) is 0 Å². The van der Waals surface area contributed by atoms with Gasteiger partial charge in [-0.25, -0.2) is 0 Å². The second kappa shape index (κ2) is 20.7. The molecule has 0 unspecified atom stereocenters. The summed E-state index contributed by atoms with van der Waals surface area (Å²) in [6, 6.07) is 0. The van der Waals surface area contributed by atoms with Crippen LogP contribution < -0.4 is 20.4 Å². The number of rotatable bonds is 6. The van der Waals surface area contributed by atoms with Crippen LogP contribution >= 0.6 is 0 Å². The van der Waals surface area contributed by atoms with Crippen molar-refractivity contribution in [2.24, 2.45) is 0 Å². The number of carbonyl (C=O) groups is 4. The SMILES string of the molecule is O.O.O.O=C([O-])[C@H](O)[C@@H](O)C(=O)[O-].O=C([O-])[C@H](O)[C@@H](O)C(=O)[O-].[Fe+2].[Fe+2]. The Balaban J connectivity index is -0.0000000432. The minimum Gasteiger partial charge on any atom is -0.547 e. The Bertz CT molecular complexity index is 316. The van der Waals surface area contributed by atoms with Gasteiger partial charge in [-0.3, -0.25) is 0 Å². The summed E-state index contributed by atoms with van der Waals surface area (Å²) < 4.78 is 0. The molecule has 15 nitrogen and oxygen atoms in total. The van der Waals surface area contributed by atoms with Gasteiger partial charge in [-0.2, -0.15) is 0 Å². The average molecular weight is 462 g/mol. The molecule has 0 aromatic rings. The molecule has 17 heteroatoms. The van der Waals surface area contributed by atoms with Gasteiger partial charge in [0.25, 0.3) is 0 Å². The molecule has 0 rings (SSSR count). The van der Waals surface area contributed by atoms with Crippen molar-refractivity contribution < 1.29 is 111 Å². The van der Waals surface area contributed by atoms with Crippen molar-refractivity contribution in [1.29, 1.82) is 0 Å². The van der Waals surface area contributed by atoms with E-state index in [1.54, 1.807) is 0 Å². The topological polar surface area (TPSA) is 336 Å². The Hall–Kier alpha value is -1.36. The number of aliphatic carboxylic acids is 4. The molecule has 25 heavy (non-hydrogen) atoms. The zero-order valence-corrected chi connectivity index (χ0v) is 13.8. The summed E-state index contributed by atoms with van der Waals surface area (Å²) in [4.78, 5) is 38.5. The summed E-state index contributed by atoms with van der Waals surface area (Å²) >= 11 is 0. The van der Waals surface area contributed by atoms with Gasteiger partial charge in [0.1, 0.15) is 24.4 Å². The Morgan fingerprint density at radius 3 is 0.600 bits per heavy atom. The number of carbonyl (C=O) groups excluding carboxylic acids is 4. The molecule has 0 bridgehead atoms. The molecular weight excluding hydrogens is 448 g/mol. The van der Waals surface area contributed by atoms with Crippen molar-refractivity contribution in [3.05, 3.63) is 0 Å². The fourth-order valence-corrected chi connectivity index (χ4v) is 0.516. The normalized spacial score (nSPS) is 12.6. The molecular formula is C8H14Fe2O15. The van der Waals surface area contributed by atoms with Gasteiger partial charge >= 0.3 is 34.1 Å². The van der Waals surface area contributed by atoms with Gasteiger partial charge in [0.15, 0.2) is 0 Å². The third kappa shape index (κ3) is 18.8. The molecule has 0 saturated carbocycles. The maximum absolute atomic E-state index is 9.63. The maximum atomic E-state index is 9.63. The molecule has 0 fully saturated rings. The van der Waals surface area contributed by atoms with Crippen LogP contribution in [-0.4, -0.2) is 85.1 Å². The molecule has 0 aliphatic heterocycles. The minimum atomic E-state index is -2.44. The van der Waals surface area contributed by atoms with Crippen molar-refractivity contribution in [2.45, 2.75) is 24.4 Å². The minimum absolute atomic E-state index is 0. The summed E-state index contributed by atoms with van der Waals surface area (Å²) in [5.41, 5.74) is 0. The number of hydrogen-bond donors (Lipinski definition) is 4. The zero-order valence-electron chi connectivity index (χ0n) is 11.6. The molecule has 0 radical (unpaired) electrons. The fourth-order valence-electron chi connectivity index (χ4n) is 0.516. The smallest absolute Gasteiger partial charge is 0.547 e. The molecule has 0 aliphatic rings. The molecule has 4 atom stereocenters. The molecule has 152 valence electrons. The first kappa shape index (κ1) is 43.8. The van der Waals surface area contributed by atoms with Crippen LogP contribution in [-0.2, 0) is 53.3 Å². The van der Waals surface area contributed by atoms with Crippen molar-refractivity contribution in [3.63, 3.8) is 0 Å². The van der Waals surface area contributed by atoms with E-state index in [2.05, 4.69) is 0 Å². The van der Waals surface area contributed by atoms with E-state index < -0.39 is 48.3 Å². The third-order valence-corrected chi connectivity index (χ3v) is 1.56. The number of aliphatic hydroxyl groups excluding tert-OH is 4. The number of carboxylic acid groups (broad SMARTS) is 4. The van der Waals surface area contributed by atoms with Gasteiger partial charge in [-0.1, -0.05) is 0 Å². The van der Waals surface area contributed by atoms with E-state index in [0.29, 0.717) is 0 Å². The summed E-state index contributed by atoms with van der Waals surface area (Å²) in [5.74, 6) is -8.23. The molecule has 0 aromatic carbocycles. The molecule has 0 amide bonds. The second-order valence-electron chi connectivity index (χ2n) is 3.06. The molecule has 10 N–H and O–H groups in total. The van der Waals surface area contributed by atoms with Gasteiger partial charge < -0.3 is 76.5 Å². The molecule has 0 heterocycles. The first-order chi connectivity index (χ1) is 8.93. The van der Waals surface area contributed by atoms with E-state index in [9.17, 15) is 39.6 Å². The number of carboxylic acids is 4. The van der Waals surface area contributed by atoms with E-state index in [0.717, 1.165) is 0 Å². The van der Waals surface area contributed by atoms with Gasteiger partial charge in [0.2, 0.25) is 0 Å². The first-order valence-corrected chi connectivity index (χ1v) is 4.49. The van der Waals surface area contributed by atoms with Gasteiger partial charge in [-0.15, -0.1) is 0 Å². The van der Waals surface area contributed by atoms with Crippen LogP contribution in [0, 0.1) is 0 Å². The summed E-state index contributed by atoms with van der Waals surface area (Å²) in [6.45, 7) is 0. The van der Waals surface area contributed by atoms with E-state index >= 15 is 0 Å². The van der Waals surface area contributed by atoms with Crippen molar-refractivity contribution >= 4 is 23.9 Å². The fraction of sp³-hybridized carbons (Fsp3) is 0.500. The monoisotopic (exact) mass is 462 g/mol. The molecule has 0 aromatic heterocycles. The second-order valence-corrected chi connectivity index (χ2v) is 3.06. The Morgan fingerprint density at radius 2 is 0.560 bits per heavy atom. The largest absolute Gasteiger partial charge is 2.00 e. The van der Waals surface area contributed by atoms with Crippen molar-refractivity contribution in [1.82, 2.24) is 0 Å². The van der Waals surface area contributed by atoms with Crippen LogP contribution in [0.15, 0.2) is 0 Å². The van der Waals surface area contributed by atoms with Crippen LogP contribution in [0.3, 0.4) is 0 Å². The van der Waals surface area contributed by atoms with Crippen LogP contribution in [0.4, 0.5) is 0 Å². The number of hydrogen-bond acceptors (Lipinski definition) is 12. The average Bonchev–Trinajstić information content (AvgIpc) is 2.35. The van der Waals surface area contributed by atoms with Gasteiger partial charge in [0.05, 0.1) is 23.9 Å². The summed E-state index contributed by atoms with van der Waals surface area (Å²) in [7, 11) is 0. The summed E-state index contributed by atoms with van der Waals surface area (Å²) in [6.07, 6.45) is -9.76. The van der Waals surface area contributed by atoms with E-state index in [4.69, 9.17) is 20.4 Å². The molecule has 0 saturated heterocycles. The van der Waals surface area contributed by atoms with Crippen LogP contribution in [0.2, 0.25) is 0 Å². The predicted molar refractivity (Wildman–Crippen MR) is 54.9 cm³/mol. The Labute approximate surface area is 159 Å². The van der Waals surface area contributed by atoms with E-state index in [1.165, 1.54) is 0 Å². The number of aliphatic hydroxyl groups is 4. The first-order valence-electron chi connectivity index (χ1n) is 4.49. The van der Waals surface area contributed by atoms with Crippen LogP contribution in [0.25, 0.3) is 0 Å². The summed E-state index contributed by atoms with van der Waals surface area (Å²) in [5, 5.41) is 71.5. The Morgan fingerprint density at radius 1 is 0.480 bits per heavy atom. The standard InChI is InChI=1S/2C4H6O6.2Fe.3H2O/c2*5-1(3(7)8)2(6)4(9)10;;;;;/h2*1-2,5-6H,(H,7,8)(H,9,10);;;3*1H2/q;;2*+2;;;/p-4/t2*1-,2-;;;;;/m11...../s1. The van der Waals surface area contributed by atoms with E-state index in [1.807, 2.05) is 0 Å². The quantitative estimate of drug-likeness (QED) is 0.267. The van der Waals surface area contributed by atoms with Crippen LogP contribution in [0.1, 0.15) is 0 Å². The molecule has 0 aliphatic carbocycles. The van der Waals surface area contributed by atoms with E-state index in [-0.39, 0.29) is 50.6 Å².